The fourth-order valence-corrected chi connectivity index (χ4v) is 3.62. The summed E-state index contributed by atoms with van der Waals surface area (Å²) in [6, 6.07) is 8.10. The molecule has 2 aromatic rings. The van der Waals surface area contributed by atoms with Gasteiger partial charge in [-0.1, -0.05) is 18.2 Å². The highest BCUT2D eigenvalue weighted by Gasteiger charge is 2.26. The second-order valence-electron chi connectivity index (χ2n) is 7.94. The Bertz CT molecular complexity index is 983. The maximum Gasteiger partial charge on any atom is 0.317 e. The minimum Gasteiger partial charge on any atom is -0.508 e. The van der Waals surface area contributed by atoms with Crippen molar-refractivity contribution in [3.05, 3.63) is 58.7 Å². The monoisotopic (exact) mass is 478 g/mol. The molecule has 0 amide bonds. The van der Waals surface area contributed by atoms with Crippen molar-refractivity contribution in [1.82, 2.24) is 9.80 Å². The molecule has 11 heteroatoms. The maximum absolute atomic E-state index is 11.5. The molecule has 0 heterocycles. The first kappa shape index (κ1) is 27.0. The van der Waals surface area contributed by atoms with Gasteiger partial charge in [0.05, 0.1) is 32.9 Å². The molecule has 0 saturated carbocycles. The lowest BCUT2D eigenvalue weighted by Gasteiger charge is -2.33. The molecule has 186 valence electrons. The third kappa shape index (κ3) is 7.97. The Labute approximate surface area is 196 Å². The SMILES string of the molecule is O=C(O)CN(Cc1ccc(CO)cc1O)CC(CO)N(CC(=O)O)Cc1cc(CO)ccc1O. The van der Waals surface area contributed by atoms with Crippen LogP contribution in [-0.4, -0.2) is 89.8 Å². The van der Waals surface area contributed by atoms with E-state index in [-0.39, 0.29) is 44.3 Å². The number of rotatable bonds is 14. The molecule has 0 radical (unpaired) electrons. The fraction of sp³-hybridized carbons (Fsp3) is 0.391. The molecule has 0 aliphatic heterocycles. The minimum atomic E-state index is -1.18. The number of hydrogen-bond acceptors (Lipinski definition) is 9. The second kappa shape index (κ2) is 12.9. The first-order valence-corrected chi connectivity index (χ1v) is 10.5. The lowest BCUT2D eigenvalue weighted by Crippen LogP contribution is -2.48. The Balaban J connectivity index is 2.29. The zero-order valence-electron chi connectivity index (χ0n) is 18.5. The molecular weight excluding hydrogens is 448 g/mol. The van der Waals surface area contributed by atoms with Gasteiger partial charge in [0.25, 0.3) is 0 Å². The molecule has 0 fully saturated rings. The van der Waals surface area contributed by atoms with Crippen molar-refractivity contribution < 1.29 is 45.3 Å². The number of carboxylic acids is 2. The molecule has 7 N–H and O–H groups in total. The largest absolute Gasteiger partial charge is 0.508 e. The summed E-state index contributed by atoms with van der Waals surface area (Å²) >= 11 is 0. The zero-order valence-corrected chi connectivity index (χ0v) is 18.5. The predicted octanol–water partition coefficient (Wildman–Crippen LogP) is -0.0833. The first-order chi connectivity index (χ1) is 16.2. The van der Waals surface area contributed by atoms with Crippen LogP contribution in [0.5, 0.6) is 11.5 Å². The van der Waals surface area contributed by atoms with Crippen LogP contribution in [-0.2, 0) is 35.9 Å². The average molecular weight is 478 g/mol. The molecule has 0 aliphatic rings. The smallest absolute Gasteiger partial charge is 0.317 e. The van der Waals surface area contributed by atoms with E-state index < -0.39 is 37.7 Å². The van der Waals surface area contributed by atoms with Gasteiger partial charge in [-0.15, -0.1) is 0 Å². The standard InChI is InChI=1S/C23H30N2O9/c26-12-15-2-4-20(29)18(5-15)8-25(11-23(33)34)19(14-28)9-24(10-22(31)32)7-17-3-1-16(13-27)6-21(17)30/h1-6,19,26-30H,7-14H2,(H,31,32)(H,33,34). The van der Waals surface area contributed by atoms with Gasteiger partial charge in [-0.25, -0.2) is 0 Å². The van der Waals surface area contributed by atoms with Crippen molar-refractivity contribution in [2.75, 3.05) is 26.2 Å². The van der Waals surface area contributed by atoms with Crippen LogP contribution in [0.2, 0.25) is 0 Å². The number of aliphatic carboxylic acids is 2. The maximum atomic E-state index is 11.5. The molecule has 0 saturated heterocycles. The molecular formula is C23H30N2O9. The van der Waals surface area contributed by atoms with Gasteiger partial charge in [0.15, 0.2) is 0 Å². The van der Waals surface area contributed by atoms with Gasteiger partial charge in [0.2, 0.25) is 0 Å². The van der Waals surface area contributed by atoms with E-state index in [2.05, 4.69) is 0 Å². The quantitative estimate of drug-likeness (QED) is 0.193. The fourth-order valence-electron chi connectivity index (χ4n) is 3.62. The first-order valence-electron chi connectivity index (χ1n) is 10.5. The summed E-state index contributed by atoms with van der Waals surface area (Å²) < 4.78 is 0. The summed E-state index contributed by atoms with van der Waals surface area (Å²) in [6.45, 7) is -2.12. The highest BCUT2D eigenvalue weighted by atomic mass is 16.4. The van der Waals surface area contributed by atoms with Crippen LogP contribution in [0.3, 0.4) is 0 Å². The van der Waals surface area contributed by atoms with Gasteiger partial charge in [-0.3, -0.25) is 19.4 Å². The molecule has 2 aromatic carbocycles. The third-order valence-electron chi connectivity index (χ3n) is 5.32. The lowest BCUT2D eigenvalue weighted by molar-refractivity contribution is -0.141. The van der Waals surface area contributed by atoms with Crippen LogP contribution in [0.25, 0.3) is 0 Å². The van der Waals surface area contributed by atoms with Crippen molar-refractivity contribution in [1.29, 1.82) is 0 Å². The molecule has 11 nitrogen and oxygen atoms in total. The van der Waals surface area contributed by atoms with E-state index in [4.69, 9.17) is 0 Å². The highest BCUT2D eigenvalue weighted by molar-refractivity contribution is 5.69. The molecule has 2 rings (SSSR count). The van der Waals surface area contributed by atoms with E-state index >= 15 is 0 Å². The summed E-state index contributed by atoms with van der Waals surface area (Å²) in [6.07, 6.45) is 0. The van der Waals surface area contributed by atoms with E-state index in [1.165, 1.54) is 34.1 Å². The summed E-state index contributed by atoms with van der Waals surface area (Å²) in [5.74, 6) is -2.57. The highest BCUT2D eigenvalue weighted by Crippen LogP contribution is 2.23. The van der Waals surface area contributed by atoms with Crippen molar-refractivity contribution in [2.45, 2.75) is 32.3 Å². The van der Waals surface area contributed by atoms with Gasteiger partial charge < -0.3 is 35.7 Å². The number of phenolic OH excluding ortho intramolecular Hbond substituents is 2. The van der Waals surface area contributed by atoms with Gasteiger partial charge in [0, 0.05) is 36.8 Å². The summed E-state index contributed by atoms with van der Waals surface area (Å²) in [5, 5.41) is 67.8. The van der Waals surface area contributed by atoms with Gasteiger partial charge in [-0.2, -0.15) is 0 Å². The Morgan fingerprint density at radius 1 is 0.765 bits per heavy atom. The summed E-state index contributed by atoms with van der Waals surface area (Å²) in [7, 11) is 0. The Morgan fingerprint density at radius 3 is 1.94 bits per heavy atom. The Kier molecular flexibility index (Phi) is 10.2. The van der Waals surface area contributed by atoms with Crippen LogP contribution in [0.4, 0.5) is 0 Å². The lowest BCUT2D eigenvalue weighted by atomic mass is 10.1. The number of carboxylic acid groups (broad SMARTS) is 2. The van der Waals surface area contributed by atoms with Gasteiger partial charge in [-0.05, 0) is 29.3 Å². The summed E-state index contributed by atoms with van der Waals surface area (Å²) in [4.78, 5) is 25.8. The van der Waals surface area contributed by atoms with Crippen LogP contribution < -0.4 is 0 Å². The van der Waals surface area contributed by atoms with E-state index in [9.17, 15) is 45.3 Å². The van der Waals surface area contributed by atoms with Crippen molar-refractivity contribution >= 4 is 11.9 Å². The Morgan fingerprint density at radius 2 is 1.38 bits per heavy atom. The van der Waals surface area contributed by atoms with E-state index in [0.29, 0.717) is 22.3 Å². The van der Waals surface area contributed by atoms with Crippen LogP contribution in [0.1, 0.15) is 22.3 Å². The Hall–Kier alpha value is -3.22. The number of aliphatic hydroxyl groups is 3. The third-order valence-corrected chi connectivity index (χ3v) is 5.32. The molecule has 0 aromatic heterocycles. The van der Waals surface area contributed by atoms with Crippen molar-refractivity contribution in [3.63, 3.8) is 0 Å². The molecule has 0 bridgehead atoms. The van der Waals surface area contributed by atoms with Crippen LogP contribution in [0.15, 0.2) is 36.4 Å². The van der Waals surface area contributed by atoms with Crippen LogP contribution >= 0.6 is 0 Å². The second-order valence-corrected chi connectivity index (χ2v) is 7.94. The number of hydrogen-bond donors (Lipinski definition) is 7. The molecule has 1 unspecified atom stereocenters. The van der Waals surface area contributed by atoms with Crippen LogP contribution in [0, 0.1) is 0 Å². The van der Waals surface area contributed by atoms with Gasteiger partial charge in [0.1, 0.15) is 11.5 Å². The van der Waals surface area contributed by atoms with E-state index in [1.54, 1.807) is 12.1 Å². The molecule has 0 aliphatic carbocycles. The average Bonchev–Trinajstić information content (AvgIpc) is 2.78. The van der Waals surface area contributed by atoms with E-state index in [1.807, 2.05) is 0 Å². The minimum absolute atomic E-state index is 0.00744. The summed E-state index contributed by atoms with van der Waals surface area (Å²) in [5.41, 5.74) is 1.73. The number of aliphatic hydroxyl groups excluding tert-OH is 3. The van der Waals surface area contributed by atoms with Crippen molar-refractivity contribution in [2.24, 2.45) is 0 Å². The number of nitrogens with zero attached hydrogens (tertiary/aromatic N) is 2. The number of carbonyl (C=O) groups is 2. The van der Waals surface area contributed by atoms with Gasteiger partial charge >= 0.3 is 11.9 Å². The normalized spacial score (nSPS) is 12.3. The topological polar surface area (TPSA) is 182 Å². The van der Waals surface area contributed by atoms with E-state index in [0.717, 1.165) is 0 Å². The number of aromatic hydroxyl groups is 2. The molecule has 1 atom stereocenters. The molecule has 0 spiro atoms. The van der Waals surface area contributed by atoms with Crippen molar-refractivity contribution in [3.8, 4) is 11.5 Å². The number of phenols is 2. The molecule has 34 heavy (non-hydrogen) atoms. The zero-order chi connectivity index (χ0) is 25.3. The number of benzene rings is 2. The predicted molar refractivity (Wildman–Crippen MR) is 120 cm³/mol.